The van der Waals surface area contributed by atoms with E-state index in [2.05, 4.69) is 4.90 Å². The Morgan fingerprint density at radius 3 is 2.05 bits per heavy atom. The number of fused-ring (bicyclic) bond motifs is 1. The molecule has 0 atom stereocenters. The van der Waals surface area contributed by atoms with Crippen molar-refractivity contribution in [3.8, 4) is 17.2 Å². The average Bonchev–Trinajstić information content (AvgIpc) is 2.91. The maximum Gasteiger partial charge on any atom is 0.308 e. The van der Waals surface area contributed by atoms with Gasteiger partial charge >= 0.3 is 5.97 Å². The van der Waals surface area contributed by atoms with Crippen molar-refractivity contribution in [2.45, 2.75) is 13.0 Å². The molecule has 196 valence electrons. The van der Waals surface area contributed by atoms with Crippen LogP contribution in [-0.2, 0) is 9.59 Å². The molecule has 5 rings (SSSR count). The molecule has 2 aliphatic heterocycles. The van der Waals surface area contributed by atoms with Gasteiger partial charge in [0, 0.05) is 51.1 Å². The summed E-state index contributed by atoms with van der Waals surface area (Å²) in [7, 11) is 0. The van der Waals surface area contributed by atoms with Crippen LogP contribution in [0.2, 0.25) is 0 Å². The quantitative estimate of drug-likeness (QED) is 0.245. The summed E-state index contributed by atoms with van der Waals surface area (Å²) in [6.45, 7) is 3.75. The van der Waals surface area contributed by atoms with Crippen molar-refractivity contribution < 1.29 is 32.6 Å². The average molecular weight is 539 g/mol. The molecule has 3 aromatic carbocycles. The molecule has 1 fully saturated rings. The molecule has 0 N–H and O–H groups in total. The molecule has 2 aliphatic rings. The lowest BCUT2D eigenvalue weighted by molar-refractivity contribution is -0.131. The van der Waals surface area contributed by atoms with Gasteiger partial charge in [-0.1, -0.05) is 24.3 Å². The second-order valence-corrected chi connectivity index (χ2v) is 9.82. The lowest BCUT2D eigenvalue weighted by Gasteiger charge is -2.39. The highest BCUT2D eigenvalue weighted by atomic mass is 32.2. The van der Waals surface area contributed by atoms with Crippen molar-refractivity contribution in [2.75, 3.05) is 26.2 Å². The van der Waals surface area contributed by atoms with Crippen LogP contribution in [0.3, 0.4) is 0 Å². The molecule has 0 aliphatic carbocycles. The van der Waals surface area contributed by atoms with Gasteiger partial charge in [-0.15, -0.1) is 0 Å². The van der Waals surface area contributed by atoms with Gasteiger partial charge in [-0.2, -0.15) is 0 Å². The first-order valence-electron chi connectivity index (χ1n) is 11.9. The Hall–Kier alpha value is -3.73. The van der Waals surface area contributed by atoms with Crippen molar-refractivity contribution in [1.82, 2.24) is 9.21 Å². The molecule has 3 aromatic rings. The predicted octanol–water partition coefficient (Wildman–Crippen LogP) is 5.08. The molecule has 2 heterocycles. The minimum Gasteiger partial charge on any atom is -0.457 e. The Bertz CT molecular complexity index is 1310. The van der Waals surface area contributed by atoms with Crippen molar-refractivity contribution in [2.24, 2.45) is 0 Å². The molecule has 0 unspecified atom stereocenters. The lowest BCUT2D eigenvalue weighted by atomic mass is 9.96. The maximum atomic E-state index is 13.6. The number of carbonyl (C=O) groups excluding carboxylic acids is 2. The van der Waals surface area contributed by atoms with Crippen LogP contribution in [0.1, 0.15) is 24.1 Å². The second kappa shape index (κ2) is 11.3. The van der Waals surface area contributed by atoms with E-state index in [-0.39, 0.29) is 28.6 Å². The molecule has 1 saturated heterocycles. The van der Waals surface area contributed by atoms with E-state index in [1.807, 2.05) is 4.31 Å². The van der Waals surface area contributed by atoms with E-state index in [0.717, 1.165) is 23.1 Å². The molecule has 0 amide bonds. The standard InChI is InChI=1S/C28H24F2N2O5S/c1-18(33)36-23-10-11-24-25(16-23)35-17-26(37-24)28(34)38-32-14-12-31(13-15-32)27(19-2-6-21(29)7-3-19)20-4-8-22(30)9-5-20/h2-11,16-17,27H,12-15H2,1H3. The zero-order chi connectivity index (χ0) is 26.6. The van der Waals surface area contributed by atoms with E-state index in [0.29, 0.717) is 43.4 Å². The highest BCUT2D eigenvalue weighted by Crippen LogP contribution is 2.37. The Kier molecular flexibility index (Phi) is 7.73. The Morgan fingerprint density at radius 1 is 0.868 bits per heavy atom. The summed E-state index contributed by atoms with van der Waals surface area (Å²) in [4.78, 5) is 26.3. The molecular formula is C28H24F2N2O5S. The molecule has 0 radical (unpaired) electrons. The minimum atomic E-state index is -0.453. The van der Waals surface area contributed by atoms with Gasteiger partial charge in [-0.05, 0) is 47.5 Å². The molecule has 0 aromatic heterocycles. The Balaban J connectivity index is 1.21. The second-order valence-electron chi connectivity index (χ2n) is 8.75. The Labute approximate surface area is 222 Å². The summed E-state index contributed by atoms with van der Waals surface area (Å²) in [6, 6.07) is 17.1. The number of ether oxygens (including phenoxy) is 3. The Morgan fingerprint density at radius 2 is 1.47 bits per heavy atom. The molecule has 7 nitrogen and oxygen atoms in total. The number of halogens is 2. The van der Waals surface area contributed by atoms with Crippen molar-refractivity contribution in [1.29, 1.82) is 0 Å². The smallest absolute Gasteiger partial charge is 0.308 e. The molecular weight excluding hydrogens is 514 g/mol. The fraction of sp³-hybridized carbons (Fsp3) is 0.214. The van der Waals surface area contributed by atoms with Crippen LogP contribution in [0.25, 0.3) is 0 Å². The van der Waals surface area contributed by atoms with Crippen LogP contribution in [0, 0.1) is 11.6 Å². The van der Waals surface area contributed by atoms with Gasteiger partial charge in [0.25, 0.3) is 5.12 Å². The summed E-state index contributed by atoms with van der Waals surface area (Å²) in [5.74, 6) is -0.0315. The molecule has 0 saturated carbocycles. The predicted molar refractivity (Wildman–Crippen MR) is 137 cm³/mol. The van der Waals surface area contributed by atoms with Crippen LogP contribution in [0.15, 0.2) is 78.8 Å². The normalized spacial score (nSPS) is 15.7. The largest absolute Gasteiger partial charge is 0.457 e. The van der Waals surface area contributed by atoms with Crippen LogP contribution < -0.4 is 14.2 Å². The van der Waals surface area contributed by atoms with Gasteiger partial charge in [0.1, 0.15) is 23.6 Å². The first-order valence-corrected chi connectivity index (χ1v) is 12.7. The van der Waals surface area contributed by atoms with Crippen LogP contribution in [0.5, 0.6) is 17.2 Å². The number of hydrogen-bond donors (Lipinski definition) is 0. The lowest BCUT2D eigenvalue weighted by Crippen LogP contribution is -2.45. The monoisotopic (exact) mass is 538 g/mol. The number of piperazine rings is 1. The number of carbonyl (C=O) groups is 2. The summed E-state index contributed by atoms with van der Waals surface area (Å²) in [6.07, 6.45) is 1.24. The zero-order valence-corrected chi connectivity index (χ0v) is 21.3. The maximum absolute atomic E-state index is 13.6. The van der Waals surface area contributed by atoms with Crippen LogP contribution in [-0.4, -0.2) is 46.5 Å². The van der Waals surface area contributed by atoms with E-state index < -0.39 is 5.97 Å². The van der Waals surface area contributed by atoms with Crippen LogP contribution >= 0.6 is 11.9 Å². The summed E-state index contributed by atoms with van der Waals surface area (Å²) < 4.78 is 45.4. The van der Waals surface area contributed by atoms with Crippen molar-refractivity contribution in [3.05, 3.63) is 102 Å². The number of esters is 1. The van der Waals surface area contributed by atoms with E-state index in [9.17, 15) is 18.4 Å². The van der Waals surface area contributed by atoms with E-state index >= 15 is 0 Å². The van der Waals surface area contributed by atoms with Gasteiger partial charge in [0.15, 0.2) is 11.5 Å². The third-order valence-corrected chi connectivity index (χ3v) is 7.10. The topological polar surface area (TPSA) is 68.3 Å². The molecule has 10 heteroatoms. The molecule has 0 bridgehead atoms. The minimum absolute atomic E-state index is 0.0562. The van der Waals surface area contributed by atoms with Crippen molar-refractivity contribution >= 4 is 23.0 Å². The fourth-order valence-corrected chi connectivity index (χ4v) is 5.12. The van der Waals surface area contributed by atoms with Gasteiger partial charge in [-0.25, -0.2) is 13.1 Å². The third kappa shape index (κ3) is 6.04. The zero-order valence-electron chi connectivity index (χ0n) is 20.4. The van der Waals surface area contributed by atoms with E-state index in [1.165, 1.54) is 43.5 Å². The van der Waals surface area contributed by atoms with Crippen molar-refractivity contribution in [3.63, 3.8) is 0 Å². The number of benzene rings is 3. The number of rotatable bonds is 6. The number of hydrogen-bond acceptors (Lipinski definition) is 8. The highest BCUT2D eigenvalue weighted by molar-refractivity contribution is 8.12. The fourth-order valence-electron chi connectivity index (χ4n) is 4.36. The number of nitrogens with zero attached hydrogens (tertiary/aromatic N) is 2. The van der Waals surface area contributed by atoms with E-state index in [4.69, 9.17) is 14.2 Å². The van der Waals surface area contributed by atoms with E-state index in [1.54, 1.807) is 36.4 Å². The first-order chi connectivity index (χ1) is 18.4. The third-order valence-electron chi connectivity index (χ3n) is 6.11. The van der Waals surface area contributed by atoms with Crippen LogP contribution in [0.4, 0.5) is 8.78 Å². The van der Waals surface area contributed by atoms with Gasteiger partial charge in [0.05, 0.1) is 6.04 Å². The summed E-state index contributed by atoms with van der Waals surface area (Å²) >= 11 is 1.05. The van der Waals surface area contributed by atoms with Gasteiger partial charge < -0.3 is 14.2 Å². The summed E-state index contributed by atoms with van der Waals surface area (Å²) in [5.41, 5.74) is 1.81. The highest BCUT2D eigenvalue weighted by Gasteiger charge is 2.30. The first kappa shape index (κ1) is 25.9. The van der Waals surface area contributed by atoms with Gasteiger partial charge in [-0.3, -0.25) is 14.5 Å². The molecule has 0 spiro atoms. The summed E-state index contributed by atoms with van der Waals surface area (Å²) in [5, 5.41) is -0.304. The SMILES string of the molecule is CC(=O)Oc1ccc2c(c1)OC=C(C(=O)SN1CCN(C(c3ccc(F)cc3)c3ccc(F)cc3)CC1)O2. The molecule has 38 heavy (non-hydrogen) atoms. The van der Waals surface area contributed by atoms with Gasteiger partial charge in [0.2, 0.25) is 5.76 Å².